The Balaban J connectivity index is -0.00000106. The molecule has 2 atom stereocenters. The molecule has 0 amide bonds. The smallest absolute Gasteiger partial charge is 0.106 e. The number of rotatable bonds is 8. The van der Waals surface area contributed by atoms with E-state index in [1.54, 1.807) is 0 Å². The molecule has 0 saturated carbocycles. The van der Waals surface area contributed by atoms with E-state index < -0.39 is 0 Å². The van der Waals surface area contributed by atoms with Crippen LogP contribution in [0.15, 0.2) is 30.3 Å². The number of carbonyl (C=O) groups is 1. The summed E-state index contributed by atoms with van der Waals surface area (Å²) in [6, 6.07) is 10.9. The Morgan fingerprint density at radius 2 is 1.82 bits per heavy atom. The minimum Gasteiger partial charge on any atom is -0.319 e. The quantitative estimate of drug-likeness (QED) is 0.722. The molecule has 2 N–H and O–H groups in total. The van der Waals surface area contributed by atoms with E-state index >= 15 is 0 Å². The van der Waals surface area contributed by atoms with E-state index in [9.17, 15) is 0 Å². The zero-order valence-electron chi connectivity index (χ0n) is 14.7. The summed E-state index contributed by atoms with van der Waals surface area (Å²) in [4.78, 5) is 13.8. The summed E-state index contributed by atoms with van der Waals surface area (Å²) >= 11 is 0. The minimum atomic E-state index is -0.174. The third-order valence-electron chi connectivity index (χ3n) is 3.37. The fourth-order valence-electron chi connectivity index (χ4n) is 2.26. The van der Waals surface area contributed by atoms with E-state index in [0.29, 0.717) is 12.0 Å². The number of benzene rings is 1. The van der Waals surface area contributed by atoms with E-state index in [1.807, 2.05) is 13.8 Å². The van der Waals surface area contributed by atoms with Crippen LogP contribution in [-0.4, -0.2) is 32.0 Å². The van der Waals surface area contributed by atoms with Crippen molar-refractivity contribution in [1.29, 1.82) is 0 Å². The Bertz CT molecular complexity index is 386. The fraction of sp³-hybridized carbons (Fsp3) is 0.611. The zero-order chi connectivity index (χ0) is 17.0. The molecule has 1 rings (SSSR count). The second-order valence-corrected chi connectivity index (χ2v) is 6.35. The van der Waals surface area contributed by atoms with Gasteiger partial charge in [-0.25, -0.2) is 0 Å². The van der Waals surface area contributed by atoms with Gasteiger partial charge in [0, 0.05) is 8.90 Å². The van der Waals surface area contributed by atoms with Crippen molar-refractivity contribution in [3.63, 3.8) is 0 Å². The van der Waals surface area contributed by atoms with Crippen molar-refractivity contribution in [2.75, 3.05) is 13.6 Å². The van der Waals surface area contributed by atoms with E-state index in [0.717, 1.165) is 19.4 Å². The van der Waals surface area contributed by atoms with Crippen LogP contribution >= 0.6 is 0 Å². The Morgan fingerprint density at radius 3 is 2.27 bits per heavy atom. The molecular formula is C18H36N2O2. The summed E-state index contributed by atoms with van der Waals surface area (Å²) in [6.07, 6.45) is 2.11. The molecule has 0 fully saturated rings. The van der Waals surface area contributed by atoms with Gasteiger partial charge in [-0.3, -0.25) is 4.84 Å². The van der Waals surface area contributed by atoms with E-state index in [2.05, 4.69) is 68.8 Å². The fourth-order valence-corrected chi connectivity index (χ4v) is 2.26. The van der Waals surface area contributed by atoms with Crippen LogP contribution in [0.25, 0.3) is 0 Å². The van der Waals surface area contributed by atoms with Crippen molar-refractivity contribution in [3.8, 4) is 0 Å². The molecule has 0 unspecified atom stereocenters. The van der Waals surface area contributed by atoms with Gasteiger partial charge >= 0.3 is 0 Å². The second kappa shape index (κ2) is 11.4. The molecular weight excluding hydrogens is 276 g/mol. The molecule has 0 saturated heterocycles. The topological polar surface area (TPSA) is 50.4 Å². The van der Waals surface area contributed by atoms with E-state index in [-0.39, 0.29) is 8.45 Å². The number of hydroxylamine groups is 1. The maximum atomic E-state index is 8.00. The summed E-state index contributed by atoms with van der Waals surface area (Å²) in [5, 5.41) is 3.29. The minimum absolute atomic E-state index is 0. The molecule has 0 spiro atoms. The molecule has 4 nitrogen and oxygen atoms in total. The van der Waals surface area contributed by atoms with E-state index in [1.165, 1.54) is 5.56 Å². The van der Waals surface area contributed by atoms with Crippen LogP contribution < -0.4 is 10.8 Å². The third-order valence-corrected chi connectivity index (χ3v) is 3.37. The van der Waals surface area contributed by atoms with Crippen LogP contribution in [0.2, 0.25) is 0 Å². The molecule has 1 aromatic rings. The number of nitrogens with one attached hydrogen (secondary N) is 2. The van der Waals surface area contributed by atoms with Gasteiger partial charge in [0.25, 0.3) is 0 Å². The first-order valence-corrected chi connectivity index (χ1v) is 7.87. The van der Waals surface area contributed by atoms with Crippen LogP contribution in [0.3, 0.4) is 0 Å². The highest BCUT2D eigenvalue weighted by Gasteiger charge is 2.22. The summed E-state index contributed by atoms with van der Waals surface area (Å²) in [6.45, 7) is 11.4. The zero-order valence-corrected chi connectivity index (χ0v) is 14.7. The summed E-state index contributed by atoms with van der Waals surface area (Å²) in [5.74, 6) is 0.544. The lowest BCUT2D eigenvalue weighted by Crippen LogP contribution is -2.45. The maximum Gasteiger partial charge on any atom is 0.106 e. The lowest BCUT2D eigenvalue weighted by Gasteiger charge is -2.30. The highest BCUT2D eigenvalue weighted by atomic mass is 16.7. The van der Waals surface area contributed by atoms with Crippen molar-refractivity contribution >= 4 is 6.79 Å². The Labute approximate surface area is 138 Å². The third kappa shape index (κ3) is 8.93. The molecule has 1 aromatic carbocycles. The van der Waals surface area contributed by atoms with Crippen molar-refractivity contribution < 1.29 is 12.5 Å². The lowest BCUT2D eigenvalue weighted by atomic mass is 9.92. The van der Waals surface area contributed by atoms with Gasteiger partial charge in [-0.05, 0) is 52.3 Å². The van der Waals surface area contributed by atoms with Crippen LogP contribution in [0.4, 0.5) is 0 Å². The Morgan fingerprint density at radius 1 is 1.23 bits per heavy atom. The molecule has 0 heterocycles. The average molecular weight is 312 g/mol. The van der Waals surface area contributed by atoms with Crippen molar-refractivity contribution in [2.24, 2.45) is 5.92 Å². The molecule has 0 aromatic heterocycles. The number of hydrogen-bond acceptors (Lipinski definition) is 4. The Hall–Kier alpha value is -1.23. The second-order valence-electron chi connectivity index (χ2n) is 6.35. The molecule has 4 heteroatoms. The standard InChI is InChI=1S/C17H30N2O.CH2O.2H2/c1-6-15(13-18-5)16(19-20-17(2,3)4)12-14-10-8-7-9-11-14;1-2;;/h7-11,15-16,18-19H,6,12-13H2,1-5H3;1H2;2*1H/t15-,16+;;;/m1.../s1. The number of carbonyl (C=O) groups excluding carboxylic acids is 1. The monoisotopic (exact) mass is 312 g/mol. The normalized spacial score (nSPS) is 13.9. The summed E-state index contributed by atoms with van der Waals surface area (Å²) in [5.41, 5.74) is 4.47. The molecule has 0 aliphatic carbocycles. The maximum absolute atomic E-state index is 8.00. The van der Waals surface area contributed by atoms with Crippen molar-refractivity contribution in [3.05, 3.63) is 35.9 Å². The highest BCUT2D eigenvalue weighted by Crippen LogP contribution is 2.16. The van der Waals surface area contributed by atoms with Crippen molar-refractivity contribution in [2.45, 2.75) is 52.2 Å². The molecule has 0 radical (unpaired) electrons. The van der Waals surface area contributed by atoms with Crippen molar-refractivity contribution in [1.82, 2.24) is 10.8 Å². The number of hydrogen-bond donors (Lipinski definition) is 2. The summed E-state index contributed by atoms with van der Waals surface area (Å²) < 4.78 is 0. The van der Waals surface area contributed by atoms with E-state index in [4.69, 9.17) is 9.63 Å². The van der Waals surface area contributed by atoms with Gasteiger partial charge in [0.15, 0.2) is 0 Å². The van der Waals surface area contributed by atoms with Gasteiger partial charge in [-0.1, -0.05) is 43.7 Å². The lowest BCUT2D eigenvalue weighted by molar-refractivity contribution is -0.0980. The first-order valence-electron chi connectivity index (χ1n) is 7.87. The predicted octanol–water partition coefficient (Wildman–Crippen LogP) is 3.47. The van der Waals surface area contributed by atoms with Gasteiger partial charge in [-0.15, -0.1) is 0 Å². The first kappa shape index (κ1) is 20.8. The molecule has 0 aliphatic rings. The molecule has 0 bridgehead atoms. The van der Waals surface area contributed by atoms with Crippen LogP contribution in [0.5, 0.6) is 0 Å². The molecule has 22 heavy (non-hydrogen) atoms. The van der Waals surface area contributed by atoms with Gasteiger partial charge in [0.2, 0.25) is 0 Å². The predicted molar refractivity (Wildman–Crippen MR) is 97.0 cm³/mol. The average Bonchev–Trinajstić information content (AvgIpc) is 2.51. The van der Waals surface area contributed by atoms with Gasteiger partial charge < -0.3 is 10.1 Å². The largest absolute Gasteiger partial charge is 0.319 e. The van der Waals surface area contributed by atoms with Crippen LogP contribution in [0.1, 0.15) is 42.5 Å². The van der Waals surface area contributed by atoms with Gasteiger partial charge in [-0.2, -0.15) is 5.48 Å². The summed E-state index contributed by atoms with van der Waals surface area (Å²) in [7, 11) is 2.01. The van der Waals surface area contributed by atoms with Crippen LogP contribution in [-0.2, 0) is 16.1 Å². The molecule has 130 valence electrons. The Kier molecular flexibility index (Phi) is 10.7. The highest BCUT2D eigenvalue weighted by molar-refractivity contribution is 5.16. The molecule has 0 aliphatic heterocycles. The van der Waals surface area contributed by atoms with Gasteiger partial charge in [0.05, 0.1) is 5.60 Å². The van der Waals surface area contributed by atoms with Crippen LogP contribution in [0, 0.1) is 5.92 Å². The van der Waals surface area contributed by atoms with Gasteiger partial charge in [0.1, 0.15) is 6.79 Å². The SMILES string of the molecule is C=O.CC[C@H](CNC)[C@H](Cc1ccccc1)NOC(C)(C)C.[HH].[HH]. The first-order chi connectivity index (χ1) is 10.5.